The van der Waals surface area contributed by atoms with Crippen molar-refractivity contribution >= 4 is 22.6 Å². The number of pyridine rings is 1. The second kappa shape index (κ2) is 8.89. The zero-order valence-electron chi connectivity index (χ0n) is 17.5. The van der Waals surface area contributed by atoms with E-state index in [4.69, 9.17) is 10.7 Å². The summed E-state index contributed by atoms with van der Waals surface area (Å²) in [7, 11) is 4.09. The highest BCUT2D eigenvalue weighted by atomic mass is 16.1. The van der Waals surface area contributed by atoms with Gasteiger partial charge in [-0.05, 0) is 43.4 Å². The predicted molar refractivity (Wildman–Crippen MR) is 122 cm³/mol. The lowest BCUT2D eigenvalue weighted by molar-refractivity contribution is 0.0946. The van der Waals surface area contributed by atoms with Gasteiger partial charge < -0.3 is 16.0 Å². The van der Waals surface area contributed by atoms with Gasteiger partial charge in [-0.2, -0.15) is 0 Å². The zero-order valence-corrected chi connectivity index (χ0v) is 17.5. The molecule has 2 aromatic heterocycles. The number of rotatable bonds is 6. The van der Waals surface area contributed by atoms with E-state index in [1.807, 2.05) is 44.4 Å². The summed E-state index contributed by atoms with van der Waals surface area (Å²) in [4.78, 5) is 27.5. The minimum atomic E-state index is -0.382. The lowest BCUT2D eigenvalue weighted by Gasteiger charge is -2.14. The van der Waals surface area contributed by atoms with E-state index in [0.717, 1.165) is 34.3 Å². The minimum absolute atomic E-state index is 0.100. The van der Waals surface area contributed by atoms with Crippen LogP contribution in [-0.4, -0.2) is 39.9 Å². The molecule has 7 heteroatoms. The standard InChI is InChI=1S/C24H24N6O/c1-30(2)15-16-6-5-8-17(12-16)19-13-18-7-3-4-9-20(18)29-21(19)14-28-24(31)22-23(25)27-11-10-26-22/h3-13H,14-15H2,1-2H3,(H2,25,27)(H,28,31). The molecule has 0 aliphatic carbocycles. The molecule has 3 N–H and O–H groups in total. The lowest BCUT2D eigenvalue weighted by atomic mass is 9.99. The number of hydrogen-bond acceptors (Lipinski definition) is 6. The van der Waals surface area contributed by atoms with Gasteiger partial charge in [0, 0.05) is 29.9 Å². The molecule has 31 heavy (non-hydrogen) atoms. The number of carbonyl (C=O) groups excluding carboxylic acids is 1. The third kappa shape index (κ3) is 4.67. The van der Waals surface area contributed by atoms with Crippen LogP contribution in [0.2, 0.25) is 0 Å². The van der Waals surface area contributed by atoms with Crippen molar-refractivity contribution in [2.75, 3.05) is 19.8 Å². The number of nitrogens with zero attached hydrogens (tertiary/aromatic N) is 4. The van der Waals surface area contributed by atoms with Crippen molar-refractivity contribution < 1.29 is 4.79 Å². The number of amides is 1. The van der Waals surface area contributed by atoms with Crippen LogP contribution in [0.4, 0.5) is 5.82 Å². The lowest BCUT2D eigenvalue weighted by Crippen LogP contribution is -2.26. The van der Waals surface area contributed by atoms with Crippen LogP contribution in [0.3, 0.4) is 0 Å². The Morgan fingerprint density at radius 3 is 2.65 bits per heavy atom. The molecule has 2 heterocycles. The van der Waals surface area contributed by atoms with E-state index < -0.39 is 0 Å². The summed E-state index contributed by atoms with van der Waals surface area (Å²) >= 11 is 0. The predicted octanol–water partition coefficient (Wildman–Crippen LogP) is 3.27. The Morgan fingerprint density at radius 1 is 1.03 bits per heavy atom. The summed E-state index contributed by atoms with van der Waals surface area (Å²) in [5.41, 5.74) is 10.8. The van der Waals surface area contributed by atoms with Crippen LogP contribution in [0.25, 0.3) is 22.0 Å². The van der Waals surface area contributed by atoms with Crippen LogP contribution in [0.1, 0.15) is 21.7 Å². The molecule has 0 saturated carbocycles. The van der Waals surface area contributed by atoms with Gasteiger partial charge in [-0.3, -0.25) is 9.78 Å². The minimum Gasteiger partial charge on any atom is -0.382 e. The number of nitrogens with one attached hydrogen (secondary N) is 1. The molecule has 0 saturated heterocycles. The molecule has 0 spiro atoms. The van der Waals surface area contributed by atoms with Crippen molar-refractivity contribution in [1.29, 1.82) is 0 Å². The average molecular weight is 412 g/mol. The van der Waals surface area contributed by atoms with Crippen LogP contribution in [0, 0.1) is 0 Å². The van der Waals surface area contributed by atoms with Gasteiger partial charge in [-0.15, -0.1) is 0 Å². The number of fused-ring (bicyclic) bond motifs is 1. The number of anilines is 1. The first-order chi connectivity index (χ1) is 15.0. The molecule has 0 atom stereocenters. The first-order valence-electron chi connectivity index (χ1n) is 9.98. The zero-order chi connectivity index (χ0) is 21.8. The third-order valence-electron chi connectivity index (χ3n) is 4.90. The largest absolute Gasteiger partial charge is 0.382 e. The maximum Gasteiger partial charge on any atom is 0.274 e. The van der Waals surface area contributed by atoms with Crippen LogP contribution in [-0.2, 0) is 13.1 Å². The molecular weight excluding hydrogens is 388 g/mol. The maximum absolute atomic E-state index is 12.6. The van der Waals surface area contributed by atoms with Crippen LogP contribution < -0.4 is 11.1 Å². The molecule has 2 aromatic carbocycles. The second-order valence-corrected chi connectivity index (χ2v) is 7.59. The van der Waals surface area contributed by atoms with Crippen LogP contribution in [0.5, 0.6) is 0 Å². The Bertz CT molecular complexity index is 1240. The molecule has 1 amide bonds. The van der Waals surface area contributed by atoms with Crippen LogP contribution in [0.15, 0.2) is 67.0 Å². The van der Waals surface area contributed by atoms with Crippen molar-refractivity contribution in [3.8, 4) is 11.1 Å². The first-order valence-corrected chi connectivity index (χ1v) is 9.98. The van der Waals surface area contributed by atoms with Gasteiger partial charge in [0.05, 0.1) is 17.8 Å². The van der Waals surface area contributed by atoms with E-state index in [-0.39, 0.29) is 24.0 Å². The Balaban J connectivity index is 1.70. The molecule has 0 bridgehead atoms. The van der Waals surface area contributed by atoms with Gasteiger partial charge in [0.25, 0.3) is 5.91 Å². The quantitative estimate of drug-likeness (QED) is 0.505. The smallest absolute Gasteiger partial charge is 0.274 e. The number of carbonyl (C=O) groups is 1. The van der Waals surface area contributed by atoms with Gasteiger partial charge in [0.1, 0.15) is 0 Å². The fourth-order valence-corrected chi connectivity index (χ4v) is 3.51. The average Bonchev–Trinajstić information content (AvgIpc) is 2.77. The van der Waals surface area contributed by atoms with E-state index >= 15 is 0 Å². The Labute approximate surface area is 181 Å². The fourth-order valence-electron chi connectivity index (χ4n) is 3.51. The number of benzene rings is 2. The van der Waals surface area contributed by atoms with E-state index in [9.17, 15) is 4.79 Å². The van der Waals surface area contributed by atoms with E-state index in [1.165, 1.54) is 18.0 Å². The third-order valence-corrected chi connectivity index (χ3v) is 4.90. The summed E-state index contributed by atoms with van der Waals surface area (Å²) in [6.45, 7) is 1.08. The normalized spacial score (nSPS) is 11.1. The Hall–Kier alpha value is -3.84. The van der Waals surface area contributed by atoms with Gasteiger partial charge in [-0.25, -0.2) is 9.97 Å². The summed E-state index contributed by atoms with van der Waals surface area (Å²) in [5, 5.41) is 3.93. The maximum atomic E-state index is 12.6. The van der Waals surface area contributed by atoms with Crippen molar-refractivity contribution in [3.63, 3.8) is 0 Å². The fraction of sp³-hybridized carbons (Fsp3) is 0.167. The Kier molecular flexibility index (Phi) is 5.86. The SMILES string of the molecule is CN(C)Cc1cccc(-c2cc3ccccc3nc2CNC(=O)c2nccnc2N)c1. The molecule has 156 valence electrons. The molecule has 4 rings (SSSR count). The molecule has 0 aliphatic rings. The van der Waals surface area contributed by atoms with E-state index in [2.05, 4.69) is 44.5 Å². The van der Waals surface area contributed by atoms with Crippen molar-refractivity contribution in [3.05, 3.63) is 83.9 Å². The number of nitrogen functional groups attached to an aromatic ring is 1. The topological polar surface area (TPSA) is 97.0 Å². The molecule has 7 nitrogen and oxygen atoms in total. The number of para-hydroxylation sites is 1. The van der Waals surface area contributed by atoms with Gasteiger partial charge in [0.2, 0.25) is 0 Å². The molecule has 0 aliphatic heterocycles. The number of nitrogens with two attached hydrogens (primary N) is 1. The van der Waals surface area contributed by atoms with E-state index in [1.54, 1.807) is 0 Å². The molecule has 0 fully saturated rings. The van der Waals surface area contributed by atoms with Crippen molar-refractivity contribution in [1.82, 2.24) is 25.2 Å². The van der Waals surface area contributed by atoms with Crippen molar-refractivity contribution in [2.24, 2.45) is 0 Å². The summed E-state index contributed by atoms with van der Waals surface area (Å²) in [5.74, 6) is -0.282. The molecule has 0 unspecified atom stereocenters. The molecule has 0 radical (unpaired) electrons. The number of aromatic nitrogens is 3. The van der Waals surface area contributed by atoms with Gasteiger partial charge in [-0.1, -0.05) is 36.4 Å². The first kappa shape index (κ1) is 20.4. The highest BCUT2D eigenvalue weighted by Gasteiger charge is 2.15. The monoisotopic (exact) mass is 412 g/mol. The second-order valence-electron chi connectivity index (χ2n) is 7.59. The molecular formula is C24H24N6O. The van der Waals surface area contributed by atoms with Crippen molar-refractivity contribution in [2.45, 2.75) is 13.1 Å². The molecule has 4 aromatic rings. The van der Waals surface area contributed by atoms with Gasteiger partial charge in [0.15, 0.2) is 11.5 Å². The summed E-state index contributed by atoms with van der Waals surface area (Å²) in [6.07, 6.45) is 2.90. The van der Waals surface area contributed by atoms with Gasteiger partial charge >= 0.3 is 0 Å². The highest BCUT2D eigenvalue weighted by Crippen LogP contribution is 2.28. The highest BCUT2D eigenvalue weighted by molar-refractivity contribution is 5.96. The van der Waals surface area contributed by atoms with E-state index in [0.29, 0.717) is 0 Å². The number of hydrogen-bond donors (Lipinski definition) is 2. The van der Waals surface area contributed by atoms with Crippen LogP contribution >= 0.6 is 0 Å². The summed E-state index contributed by atoms with van der Waals surface area (Å²) < 4.78 is 0. The summed E-state index contributed by atoms with van der Waals surface area (Å²) in [6, 6.07) is 18.5. The Morgan fingerprint density at radius 2 is 1.84 bits per heavy atom.